The van der Waals surface area contributed by atoms with E-state index in [0.29, 0.717) is 22.5 Å². The van der Waals surface area contributed by atoms with Crippen molar-refractivity contribution in [1.29, 1.82) is 0 Å². The summed E-state index contributed by atoms with van der Waals surface area (Å²) in [5.41, 5.74) is 3.00. The first-order chi connectivity index (χ1) is 15.9. The molecule has 3 aromatic carbocycles. The minimum Gasteiger partial charge on any atom is -0.465 e. The minimum absolute atomic E-state index is 0.0338. The van der Waals surface area contributed by atoms with E-state index < -0.39 is 10.9 Å². The number of amides is 1. The average molecular weight is 461 g/mol. The lowest BCUT2D eigenvalue weighted by Gasteiger charge is -2.21. The van der Waals surface area contributed by atoms with E-state index >= 15 is 0 Å². The Morgan fingerprint density at radius 1 is 1.06 bits per heavy atom. The predicted molar refractivity (Wildman–Crippen MR) is 126 cm³/mol. The second kappa shape index (κ2) is 9.10. The fourth-order valence-corrected chi connectivity index (χ4v) is 3.68. The number of halogens is 1. The summed E-state index contributed by atoms with van der Waals surface area (Å²) in [6.45, 7) is 0. The molecule has 8 heteroatoms. The maximum Gasteiger partial charge on any atom is 0.339 e. The fraction of sp³-hybridized carbons (Fsp3) is 0.0400. The van der Waals surface area contributed by atoms with Crippen LogP contribution in [-0.4, -0.2) is 23.9 Å². The van der Waals surface area contributed by atoms with Crippen LogP contribution in [0.4, 0.5) is 11.4 Å². The van der Waals surface area contributed by atoms with Crippen molar-refractivity contribution in [2.24, 2.45) is 0 Å². The van der Waals surface area contributed by atoms with Crippen LogP contribution in [0.25, 0.3) is 11.8 Å². The second-order valence-corrected chi connectivity index (χ2v) is 7.55. The van der Waals surface area contributed by atoms with Crippen molar-refractivity contribution < 1.29 is 19.2 Å². The standard InChI is InChI=1S/C25H17ClN2O5/c1-33-25(30)21-15-20(11-12-22(21)26)27-23(17-5-3-2-4-6-17)14-18(24(27)29)13-16-7-9-19(10-8-16)28(31)32/h2-15H,1H3/b18-13+. The van der Waals surface area contributed by atoms with Crippen molar-refractivity contribution >= 4 is 46.6 Å². The zero-order valence-corrected chi connectivity index (χ0v) is 18.2. The van der Waals surface area contributed by atoms with Gasteiger partial charge in [-0.1, -0.05) is 41.9 Å². The first kappa shape index (κ1) is 22.0. The summed E-state index contributed by atoms with van der Waals surface area (Å²) < 4.78 is 4.80. The van der Waals surface area contributed by atoms with Gasteiger partial charge in [0.05, 0.1) is 34.0 Å². The number of benzene rings is 3. The number of ether oxygens (including phenoxy) is 1. The number of hydrogen-bond donors (Lipinski definition) is 0. The number of methoxy groups -OCH3 is 1. The quantitative estimate of drug-likeness (QED) is 0.217. The van der Waals surface area contributed by atoms with Gasteiger partial charge in [0.2, 0.25) is 0 Å². The molecule has 0 aromatic heterocycles. The molecule has 0 bridgehead atoms. The summed E-state index contributed by atoms with van der Waals surface area (Å²) in [7, 11) is 1.26. The lowest BCUT2D eigenvalue weighted by atomic mass is 10.1. The highest BCUT2D eigenvalue weighted by molar-refractivity contribution is 6.34. The number of anilines is 1. The maximum atomic E-state index is 13.5. The highest BCUT2D eigenvalue weighted by Gasteiger charge is 2.31. The molecule has 0 fully saturated rings. The van der Waals surface area contributed by atoms with Gasteiger partial charge in [-0.3, -0.25) is 19.8 Å². The first-order valence-corrected chi connectivity index (χ1v) is 10.2. The SMILES string of the molecule is COC(=O)c1cc(N2C(=O)/C(=C/c3ccc([N+](=O)[O-])cc3)C=C2c2ccccc2)ccc1Cl. The van der Waals surface area contributed by atoms with Crippen molar-refractivity contribution in [3.63, 3.8) is 0 Å². The smallest absolute Gasteiger partial charge is 0.339 e. The third-order valence-electron chi connectivity index (χ3n) is 5.09. The van der Waals surface area contributed by atoms with Gasteiger partial charge >= 0.3 is 5.97 Å². The number of esters is 1. The monoisotopic (exact) mass is 460 g/mol. The van der Waals surface area contributed by atoms with Crippen LogP contribution >= 0.6 is 11.6 Å². The van der Waals surface area contributed by atoms with Crippen molar-refractivity contribution in [2.45, 2.75) is 0 Å². The molecule has 0 atom stereocenters. The van der Waals surface area contributed by atoms with Crippen LogP contribution in [0.3, 0.4) is 0 Å². The Morgan fingerprint density at radius 3 is 2.39 bits per heavy atom. The predicted octanol–water partition coefficient (Wildman–Crippen LogP) is 5.51. The van der Waals surface area contributed by atoms with Gasteiger partial charge in [-0.15, -0.1) is 0 Å². The summed E-state index contributed by atoms with van der Waals surface area (Å²) in [6.07, 6.45) is 3.40. The topological polar surface area (TPSA) is 89.8 Å². The van der Waals surface area contributed by atoms with Crippen LogP contribution in [0.1, 0.15) is 21.5 Å². The normalized spacial score (nSPS) is 14.4. The van der Waals surface area contributed by atoms with Crippen molar-refractivity contribution in [2.75, 3.05) is 12.0 Å². The molecule has 0 saturated carbocycles. The lowest BCUT2D eigenvalue weighted by molar-refractivity contribution is -0.384. The van der Waals surface area contributed by atoms with Crippen LogP contribution < -0.4 is 4.90 Å². The first-order valence-electron chi connectivity index (χ1n) is 9.84. The average Bonchev–Trinajstić information content (AvgIpc) is 3.15. The molecule has 1 aliphatic rings. The molecule has 0 saturated heterocycles. The number of nitro benzene ring substituents is 1. The second-order valence-electron chi connectivity index (χ2n) is 7.14. The number of rotatable bonds is 5. The molecule has 33 heavy (non-hydrogen) atoms. The molecule has 1 aliphatic heterocycles. The number of carbonyl (C=O) groups excluding carboxylic acids is 2. The molecular weight excluding hydrogens is 444 g/mol. The van der Waals surface area contributed by atoms with Gasteiger partial charge in [0.15, 0.2) is 0 Å². The third-order valence-corrected chi connectivity index (χ3v) is 5.42. The Balaban J connectivity index is 1.80. The van der Waals surface area contributed by atoms with E-state index in [4.69, 9.17) is 16.3 Å². The van der Waals surface area contributed by atoms with E-state index in [9.17, 15) is 19.7 Å². The Labute approximate surface area is 194 Å². The molecule has 3 aromatic rings. The molecule has 0 spiro atoms. The number of carbonyl (C=O) groups is 2. The zero-order valence-electron chi connectivity index (χ0n) is 17.4. The summed E-state index contributed by atoms with van der Waals surface area (Å²) >= 11 is 6.16. The van der Waals surface area contributed by atoms with E-state index in [2.05, 4.69) is 0 Å². The summed E-state index contributed by atoms with van der Waals surface area (Å²) in [6, 6.07) is 20.0. The highest BCUT2D eigenvalue weighted by atomic mass is 35.5. The lowest BCUT2D eigenvalue weighted by Crippen LogP contribution is -2.25. The van der Waals surface area contributed by atoms with Gasteiger partial charge in [-0.2, -0.15) is 0 Å². The van der Waals surface area contributed by atoms with Gasteiger partial charge in [0, 0.05) is 17.7 Å². The van der Waals surface area contributed by atoms with Crippen LogP contribution in [0.15, 0.2) is 84.4 Å². The van der Waals surface area contributed by atoms with Crippen LogP contribution in [0.5, 0.6) is 0 Å². The Morgan fingerprint density at radius 2 is 1.76 bits per heavy atom. The molecule has 7 nitrogen and oxygen atoms in total. The Kier molecular flexibility index (Phi) is 6.06. The van der Waals surface area contributed by atoms with Gasteiger partial charge in [0.1, 0.15) is 0 Å². The van der Waals surface area contributed by atoms with E-state index in [-0.39, 0.29) is 22.2 Å². The Hall–Kier alpha value is -4.23. The van der Waals surface area contributed by atoms with Crippen LogP contribution in [0.2, 0.25) is 5.02 Å². The Bertz CT molecular complexity index is 1310. The van der Waals surface area contributed by atoms with Crippen LogP contribution in [-0.2, 0) is 9.53 Å². The van der Waals surface area contributed by atoms with E-state index in [1.165, 1.54) is 36.3 Å². The molecule has 0 radical (unpaired) electrons. The van der Waals surface area contributed by atoms with E-state index in [1.807, 2.05) is 30.3 Å². The zero-order chi connectivity index (χ0) is 23.5. The fourth-order valence-electron chi connectivity index (χ4n) is 3.48. The number of nitrogens with zero attached hydrogens (tertiary/aromatic N) is 2. The molecule has 0 N–H and O–H groups in total. The number of nitro groups is 1. The van der Waals surface area contributed by atoms with Crippen molar-refractivity contribution in [3.8, 4) is 0 Å². The van der Waals surface area contributed by atoms with Crippen molar-refractivity contribution in [3.05, 3.63) is 116 Å². The van der Waals surface area contributed by atoms with Gasteiger partial charge in [-0.25, -0.2) is 4.79 Å². The number of hydrogen-bond acceptors (Lipinski definition) is 5. The van der Waals surface area contributed by atoms with E-state index in [1.54, 1.807) is 30.4 Å². The third kappa shape index (κ3) is 4.40. The summed E-state index contributed by atoms with van der Waals surface area (Å²) in [4.78, 5) is 37.5. The minimum atomic E-state index is -0.611. The molecule has 1 heterocycles. The summed E-state index contributed by atoms with van der Waals surface area (Å²) in [5, 5.41) is 11.1. The van der Waals surface area contributed by atoms with Gasteiger partial charge < -0.3 is 4.74 Å². The van der Waals surface area contributed by atoms with E-state index in [0.717, 1.165) is 5.56 Å². The largest absolute Gasteiger partial charge is 0.465 e. The maximum absolute atomic E-state index is 13.5. The van der Waals surface area contributed by atoms with Gasteiger partial charge in [-0.05, 0) is 53.6 Å². The molecule has 164 valence electrons. The van der Waals surface area contributed by atoms with Crippen LogP contribution in [0, 0.1) is 10.1 Å². The molecule has 4 rings (SSSR count). The highest BCUT2D eigenvalue weighted by Crippen LogP contribution is 2.36. The van der Waals surface area contributed by atoms with Gasteiger partial charge in [0.25, 0.3) is 11.6 Å². The number of non-ortho nitro benzene ring substituents is 1. The molecule has 0 unspecified atom stereocenters. The molecule has 1 amide bonds. The summed E-state index contributed by atoms with van der Waals surface area (Å²) in [5.74, 6) is -0.925. The van der Waals surface area contributed by atoms with Crippen molar-refractivity contribution in [1.82, 2.24) is 0 Å². The molecule has 0 aliphatic carbocycles. The molecular formula is C25H17ClN2O5.